The summed E-state index contributed by atoms with van der Waals surface area (Å²) in [4.78, 5) is 61.9. The van der Waals surface area contributed by atoms with E-state index in [9.17, 15) is 40.8 Å². The van der Waals surface area contributed by atoms with Crippen molar-refractivity contribution in [2.75, 3.05) is 27.4 Å². The normalized spacial score (nSPS) is 27.8. The van der Waals surface area contributed by atoms with Gasteiger partial charge in [0.15, 0.2) is 0 Å². The number of carbonyl (C=O) groups excluding carboxylic acids is 4. The van der Waals surface area contributed by atoms with Crippen molar-refractivity contribution >= 4 is 44.6 Å². The van der Waals surface area contributed by atoms with Crippen LogP contribution in [0.25, 0.3) is 10.8 Å². The second kappa shape index (κ2) is 16.3. The average molecular weight is 854 g/mol. The lowest BCUT2D eigenvalue weighted by atomic mass is 10.1. The molecule has 6 rings (SSSR count). The van der Waals surface area contributed by atoms with E-state index in [1.807, 2.05) is 0 Å². The van der Waals surface area contributed by atoms with E-state index in [1.54, 1.807) is 43.3 Å². The number of amides is 4. The lowest BCUT2D eigenvalue weighted by molar-refractivity contribution is -0.244. The first-order chi connectivity index (χ1) is 27.7. The van der Waals surface area contributed by atoms with Crippen LogP contribution in [0.1, 0.15) is 72.6 Å². The summed E-state index contributed by atoms with van der Waals surface area (Å²) < 4.78 is 96.6. The lowest BCUT2D eigenvalue weighted by Crippen LogP contribution is -2.61. The van der Waals surface area contributed by atoms with Crippen LogP contribution in [-0.2, 0) is 33.9 Å². The molecule has 2 saturated carbocycles. The molecular formula is C39H50F3N5O11S. The molecule has 59 heavy (non-hydrogen) atoms. The number of benzene rings is 1. The van der Waals surface area contributed by atoms with Gasteiger partial charge >= 0.3 is 12.3 Å². The van der Waals surface area contributed by atoms with Crippen LogP contribution < -0.4 is 29.6 Å². The summed E-state index contributed by atoms with van der Waals surface area (Å²) in [5, 5.41) is 6.22. The number of halogens is 3. The minimum atomic E-state index is -4.95. The highest BCUT2D eigenvalue weighted by Gasteiger charge is 2.63. The molecule has 2 aliphatic heterocycles. The monoisotopic (exact) mass is 853 g/mol. The Morgan fingerprint density at radius 2 is 1.85 bits per heavy atom. The maximum atomic E-state index is 14.8. The Kier molecular flexibility index (Phi) is 12.1. The van der Waals surface area contributed by atoms with Gasteiger partial charge in [0, 0.05) is 30.4 Å². The smallest absolute Gasteiger partial charge is 0.427 e. The molecule has 3 heterocycles. The maximum Gasteiger partial charge on any atom is 0.427 e. The minimum Gasteiger partial charge on any atom is -0.497 e. The van der Waals surface area contributed by atoms with Gasteiger partial charge in [0.05, 0.1) is 31.6 Å². The fourth-order valence-electron chi connectivity index (χ4n) is 7.19. The van der Waals surface area contributed by atoms with E-state index in [2.05, 4.69) is 20.3 Å². The van der Waals surface area contributed by atoms with Crippen molar-refractivity contribution in [3.63, 3.8) is 0 Å². The Hall–Kier alpha value is -4.85. The van der Waals surface area contributed by atoms with E-state index >= 15 is 0 Å². The number of aromatic nitrogens is 1. The highest BCUT2D eigenvalue weighted by Crippen LogP contribution is 2.47. The summed E-state index contributed by atoms with van der Waals surface area (Å²) >= 11 is 0. The SMILES string of the molecule is CC[C@@H]1OCCC/C=C\C2C[C@@]2(C(=O)NS(=O)(=O)C2(C)CC2)NC(=O)[C@@H]2C[C@@H](Oc3nc(OC)cc4cc(OC)ccc34)CN2C(=O)[C@H]1NC(=O)OC(C)(C)C(F)(F)F. The molecule has 1 saturated heterocycles. The van der Waals surface area contributed by atoms with Crippen LogP contribution in [0.5, 0.6) is 17.5 Å². The molecule has 1 aromatic heterocycles. The summed E-state index contributed by atoms with van der Waals surface area (Å²) in [5.41, 5.74) is -4.61. The zero-order valence-electron chi connectivity index (χ0n) is 33.6. The molecule has 4 aliphatic rings. The van der Waals surface area contributed by atoms with Gasteiger partial charge in [-0.1, -0.05) is 19.1 Å². The number of pyridine rings is 1. The molecule has 1 unspecified atom stereocenters. The summed E-state index contributed by atoms with van der Waals surface area (Å²) in [6.07, 6.45) is -3.48. The van der Waals surface area contributed by atoms with Crippen molar-refractivity contribution in [1.82, 2.24) is 25.2 Å². The number of hydrogen-bond acceptors (Lipinski definition) is 12. The van der Waals surface area contributed by atoms with Gasteiger partial charge in [0.2, 0.25) is 39.2 Å². The third-order valence-corrected chi connectivity index (χ3v) is 13.6. The minimum absolute atomic E-state index is 0.0657. The molecule has 3 N–H and O–H groups in total. The van der Waals surface area contributed by atoms with Gasteiger partial charge in [-0.2, -0.15) is 18.2 Å². The Morgan fingerprint density at radius 1 is 1.12 bits per heavy atom. The van der Waals surface area contributed by atoms with E-state index in [4.69, 9.17) is 23.7 Å². The zero-order chi connectivity index (χ0) is 43.1. The highest BCUT2D eigenvalue weighted by atomic mass is 32.2. The van der Waals surface area contributed by atoms with Crippen LogP contribution in [0.2, 0.25) is 0 Å². The molecule has 2 aliphatic carbocycles. The average Bonchev–Trinajstić information content (AvgIpc) is 4.05. The van der Waals surface area contributed by atoms with Crippen molar-refractivity contribution in [3.8, 4) is 17.5 Å². The van der Waals surface area contributed by atoms with Crippen molar-refractivity contribution < 1.29 is 64.5 Å². The zero-order valence-corrected chi connectivity index (χ0v) is 34.5. The fourth-order valence-corrected chi connectivity index (χ4v) is 8.50. The molecule has 2 aromatic rings. The van der Waals surface area contributed by atoms with Crippen LogP contribution in [0.4, 0.5) is 18.0 Å². The van der Waals surface area contributed by atoms with Crippen LogP contribution >= 0.6 is 0 Å². The molecule has 3 fully saturated rings. The predicted molar refractivity (Wildman–Crippen MR) is 205 cm³/mol. The first-order valence-corrected chi connectivity index (χ1v) is 20.9. The first-order valence-electron chi connectivity index (χ1n) is 19.4. The Bertz CT molecular complexity index is 2110. The van der Waals surface area contributed by atoms with E-state index in [0.29, 0.717) is 56.1 Å². The van der Waals surface area contributed by atoms with Gasteiger partial charge in [-0.05, 0) is 82.9 Å². The number of rotatable bonds is 10. The number of carbonyl (C=O) groups is 4. The third kappa shape index (κ3) is 9.02. The topological polar surface area (TPSA) is 201 Å². The van der Waals surface area contributed by atoms with Crippen LogP contribution in [0.3, 0.4) is 0 Å². The molecule has 16 nitrogen and oxygen atoms in total. The van der Waals surface area contributed by atoms with E-state index in [-0.39, 0.29) is 44.2 Å². The van der Waals surface area contributed by atoms with Crippen molar-refractivity contribution in [2.24, 2.45) is 5.92 Å². The number of nitrogens with zero attached hydrogens (tertiary/aromatic N) is 2. The molecule has 20 heteroatoms. The Morgan fingerprint density at radius 3 is 2.49 bits per heavy atom. The summed E-state index contributed by atoms with van der Waals surface area (Å²) in [6.45, 7) is 4.28. The Labute approximate surface area is 339 Å². The molecule has 0 spiro atoms. The number of methoxy groups -OCH3 is 2. The second-order valence-electron chi connectivity index (χ2n) is 16.1. The van der Waals surface area contributed by atoms with Gasteiger partial charge in [-0.15, -0.1) is 0 Å². The number of sulfonamides is 1. The molecule has 1 aromatic carbocycles. The number of hydrogen-bond donors (Lipinski definition) is 3. The number of fused-ring (bicyclic) bond motifs is 3. The quantitative estimate of drug-likeness (QED) is 0.290. The van der Waals surface area contributed by atoms with Crippen LogP contribution in [-0.4, -0.2) is 116 Å². The predicted octanol–water partition coefficient (Wildman–Crippen LogP) is 4.05. The number of alkyl halides is 3. The number of allylic oxidation sites excluding steroid dienone is 1. The van der Waals surface area contributed by atoms with Gasteiger partial charge in [0.25, 0.3) is 5.91 Å². The highest BCUT2D eigenvalue weighted by molar-refractivity contribution is 7.91. The van der Waals surface area contributed by atoms with Crippen LogP contribution in [0, 0.1) is 5.92 Å². The molecule has 4 amide bonds. The standard InChI is InChI=1S/C39H50F3N5O11S/c1-7-28-30(44-35(51)58-36(2,3)39(40,41)42)33(49)47-21-25(57-32-26-13-12-24(54-5)17-22(26)18-29(43-32)55-6)19-27(47)31(48)45-38(20-23(38)11-9-8-10-16-56-28)34(50)46-59(52,53)37(4)14-15-37/h9,11-13,17-18,23,25,27-28,30H,7-8,10,14-16,19-21H2,1-6H3,(H,44,51)(H,45,48)(H,46,50)/b11-9-/t23?,25-,27+,28+,30+,38-/m1/s1. The van der Waals surface area contributed by atoms with Gasteiger partial charge in [-0.25, -0.2) is 13.2 Å². The van der Waals surface area contributed by atoms with Gasteiger partial charge in [0.1, 0.15) is 29.5 Å². The van der Waals surface area contributed by atoms with E-state index in [0.717, 1.165) is 4.90 Å². The molecule has 0 bridgehead atoms. The summed E-state index contributed by atoms with van der Waals surface area (Å²) in [7, 11) is -1.18. The number of ether oxygens (including phenoxy) is 5. The molecule has 0 radical (unpaired) electrons. The summed E-state index contributed by atoms with van der Waals surface area (Å²) in [5.74, 6) is -2.43. The molecule has 324 valence electrons. The molecular weight excluding hydrogens is 804 g/mol. The van der Waals surface area contributed by atoms with Gasteiger partial charge < -0.3 is 39.2 Å². The van der Waals surface area contributed by atoms with Crippen molar-refractivity contribution in [1.29, 1.82) is 0 Å². The largest absolute Gasteiger partial charge is 0.497 e. The van der Waals surface area contributed by atoms with Crippen LogP contribution in [0.15, 0.2) is 36.4 Å². The van der Waals surface area contributed by atoms with Gasteiger partial charge in [-0.3, -0.25) is 19.1 Å². The molecule has 6 atom stereocenters. The van der Waals surface area contributed by atoms with E-state index < -0.39 is 86.1 Å². The van der Waals surface area contributed by atoms with E-state index in [1.165, 1.54) is 21.1 Å². The second-order valence-corrected chi connectivity index (χ2v) is 18.3. The lowest BCUT2D eigenvalue weighted by Gasteiger charge is -2.34. The maximum absolute atomic E-state index is 14.8. The first kappa shape index (κ1) is 43.7. The fraction of sp³-hybridized carbons (Fsp3) is 0.615. The number of nitrogens with one attached hydrogen (secondary N) is 3. The summed E-state index contributed by atoms with van der Waals surface area (Å²) in [6, 6.07) is 3.75. The third-order valence-electron chi connectivity index (χ3n) is 11.5. The van der Waals surface area contributed by atoms with Crippen molar-refractivity contribution in [3.05, 3.63) is 36.4 Å². The number of alkyl carbamates (subject to hydrolysis) is 1. The van der Waals surface area contributed by atoms with Crippen molar-refractivity contribution in [2.45, 2.75) is 119 Å². The Balaban J connectivity index is 1.37.